The van der Waals surface area contributed by atoms with E-state index in [1.807, 2.05) is 31.2 Å². The van der Waals surface area contributed by atoms with Gasteiger partial charge in [-0.3, -0.25) is 4.79 Å². The molecule has 0 spiro atoms. The van der Waals surface area contributed by atoms with E-state index in [2.05, 4.69) is 0 Å². The first-order chi connectivity index (χ1) is 9.56. The molecule has 0 bridgehead atoms. The maximum absolute atomic E-state index is 12.1. The van der Waals surface area contributed by atoms with Crippen molar-refractivity contribution in [3.63, 3.8) is 0 Å². The Bertz CT molecular complexity index is 611. The van der Waals surface area contributed by atoms with Crippen LogP contribution >= 0.6 is 0 Å². The molecule has 20 heavy (non-hydrogen) atoms. The SMILES string of the molecule is Cc1cccc(N(C)C(=O)COc2cccc(N)c2)c1. The summed E-state index contributed by atoms with van der Waals surface area (Å²) < 4.78 is 5.45. The molecule has 4 nitrogen and oxygen atoms in total. The summed E-state index contributed by atoms with van der Waals surface area (Å²) in [4.78, 5) is 13.7. The Kier molecular flexibility index (Phi) is 4.25. The lowest BCUT2D eigenvalue weighted by molar-refractivity contribution is -0.120. The third kappa shape index (κ3) is 3.51. The van der Waals surface area contributed by atoms with Crippen molar-refractivity contribution in [1.82, 2.24) is 0 Å². The molecule has 0 radical (unpaired) electrons. The van der Waals surface area contributed by atoms with Crippen LogP contribution in [0.5, 0.6) is 5.75 Å². The number of carbonyl (C=O) groups excluding carboxylic acids is 1. The number of ether oxygens (including phenoxy) is 1. The number of hydrogen-bond donors (Lipinski definition) is 1. The number of amides is 1. The number of benzene rings is 2. The molecule has 0 aliphatic heterocycles. The van der Waals surface area contributed by atoms with Gasteiger partial charge in [-0.25, -0.2) is 0 Å². The average Bonchev–Trinajstić information content (AvgIpc) is 2.44. The molecule has 4 heteroatoms. The second-order valence-corrected chi connectivity index (χ2v) is 4.65. The summed E-state index contributed by atoms with van der Waals surface area (Å²) in [6, 6.07) is 14.8. The Hall–Kier alpha value is -2.49. The van der Waals surface area contributed by atoms with E-state index in [9.17, 15) is 4.79 Å². The second kappa shape index (κ2) is 6.10. The minimum atomic E-state index is -0.113. The number of nitrogens with zero attached hydrogens (tertiary/aromatic N) is 1. The number of nitrogens with two attached hydrogens (primary N) is 1. The molecule has 0 fully saturated rings. The number of rotatable bonds is 4. The topological polar surface area (TPSA) is 55.6 Å². The number of hydrogen-bond acceptors (Lipinski definition) is 3. The zero-order valence-corrected chi connectivity index (χ0v) is 11.7. The first-order valence-corrected chi connectivity index (χ1v) is 6.38. The van der Waals surface area contributed by atoms with Gasteiger partial charge in [0.25, 0.3) is 5.91 Å². The molecule has 2 aromatic rings. The monoisotopic (exact) mass is 270 g/mol. The van der Waals surface area contributed by atoms with Crippen LogP contribution in [0.4, 0.5) is 11.4 Å². The molecule has 2 N–H and O–H groups in total. The molecule has 0 heterocycles. The summed E-state index contributed by atoms with van der Waals surface area (Å²) in [6.45, 7) is 1.97. The van der Waals surface area contributed by atoms with E-state index < -0.39 is 0 Å². The molecule has 0 saturated heterocycles. The van der Waals surface area contributed by atoms with Gasteiger partial charge in [0.2, 0.25) is 0 Å². The molecular weight excluding hydrogens is 252 g/mol. The number of aryl methyl sites for hydroxylation is 1. The Balaban J connectivity index is 1.98. The molecule has 0 atom stereocenters. The number of nitrogen functional groups attached to an aromatic ring is 1. The van der Waals surface area contributed by atoms with Crippen molar-refractivity contribution in [2.75, 3.05) is 24.3 Å². The highest BCUT2D eigenvalue weighted by Gasteiger charge is 2.11. The van der Waals surface area contributed by atoms with Gasteiger partial charge >= 0.3 is 0 Å². The first kappa shape index (κ1) is 13.9. The van der Waals surface area contributed by atoms with Crippen LogP contribution in [0.3, 0.4) is 0 Å². The van der Waals surface area contributed by atoms with Gasteiger partial charge in [-0.1, -0.05) is 18.2 Å². The van der Waals surface area contributed by atoms with Crippen LogP contribution in [-0.4, -0.2) is 19.6 Å². The normalized spacial score (nSPS) is 10.1. The Labute approximate surface area is 118 Å². The first-order valence-electron chi connectivity index (χ1n) is 6.38. The zero-order chi connectivity index (χ0) is 14.5. The molecular formula is C16H18N2O2. The molecule has 104 valence electrons. The molecule has 0 aromatic heterocycles. The lowest BCUT2D eigenvalue weighted by atomic mass is 10.2. The smallest absolute Gasteiger partial charge is 0.264 e. The second-order valence-electron chi connectivity index (χ2n) is 4.65. The standard InChI is InChI=1S/C16H18N2O2/c1-12-5-3-7-14(9-12)18(2)16(19)11-20-15-8-4-6-13(17)10-15/h3-10H,11,17H2,1-2H3. The van der Waals surface area contributed by atoms with Crippen molar-refractivity contribution >= 4 is 17.3 Å². The van der Waals surface area contributed by atoms with Crippen molar-refractivity contribution in [3.05, 3.63) is 54.1 Å². The maximum atomic E-state index is 12.1. The molecule has 0 saturated carbocycles. The summed E-state index contributed by atoms with van der Waals surface area (Å²) in [6.07, 6.45) is 0. The molecule has 2 aromatic carbocycles. The minimum Gasteiger partial charge on any atom is -0.484 e. The summed E-state index contributed by atoms with van der Waals surface area (Å²) in [5, 5.41) is 0. The predicted octanol–water partition coefficient (Wildman–Crippen LogP) is 2.62. The summed E-state index contributed by atoms with van der Waals surface area (Å²) in [5.41, 5.74) is 8.23. The van der Waals surface area contributed by atoms with E-state index in [0.29, 0.717) is 11.4 Å². The Morgan fingerprint density at radius 3 is 2.65 bits per heavy atom. The van der Waals surface area contributed by atoms with Crippen molar-refractivity contribution in [2.24, 2.45) is 0 Å². The lowest BCUT2D eigenvalue weighted by Gasteiger charge is -2.18. The Morgan fingerprint density at radius 1 is 1.20 bits per heavy atom. The van der Waals surface area contributed by atoms with Gasteiger partial charge < -0.3 is 15.4 Å². The van der Waals surface area contributed by atoms with Crippen LogP contribution in [0.15, 0.2) is 48.5 Å². The van der Waals surface area contributed by atoms with Gasteiger partial charge in [0, 0.05) is 24.5 Å². The molecule has 0 aliphatic carbocycles. The minimum absolute atomic E-state index is 0.0199. The Morgan fingerprint density at radius 2 is 1.95 bits per heavy atom. The highest BCUT2D eigenvalue weighted by molar-refractivity contribution is 5.93. The van der Waals surface area contributed by atoms with E-state index in [0.717, 1.165) is 11.3 Å². The van der Waals surface area contributed by atoms with Gasteiger partial charge in [-0.15, -0.1) is 0 Å². The molecule has 0 aliphatic rings. The summed E-state index contributed by atoms with van der Waals surface area (Å²) in [7, 11) is 1.74. The van der Waals surface area contributed by atoms with Crippen molar-refractivity contribution in [3.8, 4) is 5.75 Å². The van der Waals surface area contributed by atoms with Gasteiger partial charge in [0.15, 0.2) is 6.61 Å². The van der Waals surface area contributed by atoms with Crippen LogP contribution in [0.1, 0.15) is 5.56 Å². The van der Waals surface area contributed by atoms with Gasteiger partial charge in [-0.05, 0) is 36.8 Å². The van der Waals surface area contributed by atoms with Gasteiger partial charge in [-0.2, -0.15) is 0 Å². The van der Waals surface area contributed by atoms with E-state index in [1.165, 1.54) is 0 Å². The highest BCUT2D eigenvalue weighted by atomic mass is 16.5. The van der Waals surface area contributed by atoms with Crippen LogP contribution in [0, 0.1) is 6.92 Å². The fourth-order valence-electron chi connectivity index (χ4n) is 1.83. The van der Waals surface area contributed by atoms with E-state index >= 15 is 0 Å². The van der Waals surface area contributed by atoms with Crippen molar-refractivity contribution in [2.45, 2.75) is 6.92 Å². The van der Waals surface area contributed by atoms with Crippen molar-refractivity contribution in [1.29, 1.82) is 0 Å². The number of anilines is 2. The van der Waals surface area contributed by atoms with E-state index in [4.69, 9.17) is 10.5 Å². The van der Waals surface area contributed by atoms with E-state index in [-0.39, 0.29) is 12.5 Å². The predicted molar refractivity (Wildman–Crippen MR) is 80.9 cm³/mol. The largest absolute Gasteiger partial charge is 0.484 e. The van der Waals surface area contributed by atoms with Crippen LogP contribution in [0.2, 0.25) is 0 Å². The molecule has 2 rings (SSSR count). The third-order valence-electron chi connectivity index (χ3n) is 2.98. The fraction of sp³-hybridized carbons (Fsp3) is 0.188. The molecule has 0 unspecified atom stereocenters. The van der Waals surface area contributed by atoms with Crippen LogP contribution in [-0.2, 0) is 4.79 Å². The van der Waals surface area contributed by atoms with Crippen molar-refractivity contribution < 1.29 is 9.53 Å². The van der Waals surface area contributed by atoms with Crippen LogP contribution in [0.25, 0.3) is 0 Å². The number of likely N-dealkylation sites (N-methyl/N-ethyl adjacent to an activating group) is 1. The number of carbonyl (C=O) groups is 1. The average molecular weight is 270 g/mol. The fourth-order valence-corrected chi connectivity index (χ4v) is 1.83. The van der Waals surface area contributed by atoms with Crippen LogP contribution < -0.4 is 15.4 Å². The third-order valence-corrected chi connectivity index (χ3v) is 2.98. The highest BCUT2D eigenvalue weighted by Crippen LogP contribution is 2.16. The summed E-state index contributed by atoms with van der Waals surface area (Å²) in [5.74, 6) is 0.481. The van der Waals surface area contributed by atoms with Gasteiger partial charge in [0.1, 0.15) is 5.75 Å². The quantitative estimate of drug-likeness (QED) is 0.869. The molecule has 1 amide bonds. The summed E-state index contributed by atoms with van der Waals surface area (Å²) >= 11 is 0. The maximum Gasteiger partial charge on any atom is 0.264 e. The zero-order valence-electron chi connectivity index (χ0n) is 11.7. The lowest BCUT2D eigenvalue weighted by Crippen LogP contribution is -2.31. The van der Waals surface area contributed by atoms with Gasteiger partial charge in [0.05, 0.1) is 0 Å². The van der Waals surface area contributed by atoms with E-state index in [1.54, 1.807) is 36.2 Å².